The lowest BCUT2D eigenvalue weighted by Gasteiger charge is -2.06. The lowest BCUT2D eigenvalue weighted by atomic mass is 10.1. The fraction of sp³-hybridized carbons (Fsp3) is 0.100. The normalized spacial score (nSPS) is 10.5. The molecule has 132 valence electrons. The zero-order valence-electron chi connectivity index (χ0n) is 13.8. The standard InChI is InChI=1S/C20H17NO4S/c22-15-9-7-14(8-10-15)19-18(20(24)25)16(12-26-19)21-17(23)11-6-13-4-2-1-3-5-13/h1-5,7-10,12,22H,6,11H2,(H,21,23)(H,24,25). The van der Waals surface area contributed by atoms with Crippen molar-refractivity contribution >= 4 is 28.9 Å². The summed E-state index contributed by atoms with van der Waals surface area (Å²) < 4.78 is 0. The summed E-state index contributed by atoms with van der Waals surface area (Å²) in [6.07, 6.45) is 0.859. The van der Waals surface area contributed by atoms with Crippen LogP contribution in [0.3, 0.4) is 0 Å². The maximum absolute atomic E-state index is 12.2. The second-order valence-electron chi connectivity index (χ2n) is 5.74. The SMILES string of the molecule is O=C(CCc1ccccc1)Nc1csc(-c2ccc(O)cc2)c1C(=O)O. The molecule has 0 radical (unpaired) electrons. The topological polar surface area (TPSA) is 86.6 Å². The van der Waals surface area contributed by atoms with Crippen molar-refractivity contribution in [3.8, 4) is 16.2 Å². The first kappa shape index (κ1) is 17.7. The van der Waals surface area contributed by atoms with Gasteiger partial charge in [-0.1, -0.05) is 30.3 Å². The molecule has 6 heteroatoms. The van der Waals surface area contributed by atoms with Crippen molar-refractivity contribution in [1.29, 1.82) is 0 Å². The van der Waals surface area contributed by atoms with Gasteiger partial charge in [0.15, 0.2) is 0 Å². The predicted octanol–water partition coefficient (Wildman–Crippen LogP) is 4.39. The molecule has 0 saturated carbocycles. The molecular formula is C20H17NO4S. The summed E-state index contributed by atoms with van der Waals surface area (Å²) in [5, 5.41) is 23.3. The number of hydrogen-bond acceptors (Lipinski definition) is 4. The minimum atomic E-state index is -1.10. The Balaban J connectivity index is 1.76. The highest BCUT2D eigenvalue weighted by atomic mass is 32.1. The number of carbonyl (C=O) groups is 2. The number of nitrogens with one attached hydrogen (secondary N) is 1. The highest BCUT2D eigenvalue weighted by Crippen LogP contribution is 2.36. The van der Waals surface area contributed by atoms with Crippen LogP contribution in [0.15, 0.2) is 60.0 Å². The summed E-state index contributed by atoms with van der Waals surface area (Å²) in [4.78, 5) is 24.5. The molecule has 2 aromatic carbocycles. The zero-order valence-corrected chi connectivity index (χ0v) is 14.6. The van der Waals surface area contributed by atoms with Crippen LogP contribution in [0.25, 0.3) is 10.4 Å². The Hall–Kier alpha value is -3.12. The molecule has 1 heterocycles. The average molecular weight is 367 g/mol. The molecule has 3 rings (SSSR count). The summed E-state index contributed by atoms with van der Waals surface area (Å²) >= 11 is 1.24. The Morgan fingerprint density at radius 3 is 2.35 bits per heavy atom. The van der Waals surface area contributed by atoms with Crippen molar-refractivity contribution in [2.75, 3.05) is 5.32 Å². The Bertz CT molecular complexity index is 917. The van der Waals surface area contributed by atoms with Crippen molar-refractivity contribution in [2.45, 2.75) is 12.8 Å². The second-order valence-corrected chi connectivity index (χ2v) is 6.62. The third kappa shape index (κ3) is 4.10. The number of rotatable bonds is 6. The van der Waals surface area contributed by atoms with Crippen LogP contribution in [0.1, 0.15) is 22.3 Å². The molecule has 0 aliphatic carbocycles. The van der Waals surface area contributed by atoms with Crippen LogP contribution < -0.4 is 5.32 Å². The van der Waals surface area contributed by atoms with Gasteiger partial charge in [-0.2, -0.15) is 0 Å². The molecule has 0 spiro atoms. The lowest BCUT2D eigenvalue weighted by molar-refractivity contribution is -0.116. The number of carboxylic acids is 1. The van der Waals surface area contributed by atoms with E-state index in [0.717, 1.165) is 5.56 Å². The molecular weight excluding hydrogens is 350 g/mol. The number of hydrogen-bond donors (Lipinski definition) is 3. The highest BCUT2D eigenvalue weighted by molar-refractivity contribution is 7.14. The van der Waals surface area contributed by atoms with Gasteiger partial charge in [0.1, 0.15) is 11.3 Å². The molecule has 3 N–H and O–H groups in total. The molecule has 0 unspecified atom stereocenters. The summed E-state index contributed by atoms with van der Waals surface area (Å²) in [7, 11) is 0. The number of thiophene rings is 1. The van der Waals surface area contributed by atoms with Gasteiger partial charge in [0.25, 0.3) is 0 Å². The van der Waals surface area contributed by atoms with E-state index >= 15 is 0 Å². The van der Waals surface area contributed by atoms with E-state index in [4.69, 9.17) is 0 Å². The maximum Gasteiger partial charge on any atom is 0.339 e. The van der Waals surface area contributed by atoms with Gasteiger partial charge in [-0.25, -0.2) is 4.79 Å². The molecule has 0 saturated heterocycles. The molecule has 26 heavy (non-hydrogen) atoms. The molecule has 0 atom stereocenters. The average Bonchev–Trinajstić information content (AvgIpc) is 3.05. The van der Waals surface area contributed by atoms with Gasteiger partial charge < -0.3 is 15.5 Å². The highest BCUT2D eigenvalue weighted by Gasteiger charge is 2.21. The number of aromatic carboxylic acids is 1. The van der Waals surface area contributed by atoms with Gasteiger partial charge in [-0.3, -0.25) is 4.79 Å². The van der Waals surface area contributed by atoms with E-state index in [1.165, 1.54) is 23.5 Å². The van der Waals surface area contributed by atoms with E-state index in [-0.39, 0.29) is 23.6 Å². The fourth-order valence-corrected chi connectivity index (χ4v) is 3.60. The third-order valence-corrected chi connectivity index (χ3v) is 4.92. The molecule has 0 aliphatic rings. The van der Waals surface area contributed by atoms with E-state index in [9.17, 15) is 19.8 Å². The Morgan fingerprint density at radius 2 is 1.69 bits per heavy atom. The van der Waals surface area contributed by atoms with Crippen LogP contribution in [0.2, 0.25) is 0 Å². The number of aryl methyl sites for hydroxylation is 1. The molecule has 5 nitrogen and oxygen atoms in total. The van der Waals surface area contributed by atoms with Gasteiger partial charge in [-0.05, 0) is 41.8 Å². The minimum absolute atomic E-state index is 0.0637. The van der Waals surface area contributed by atoms with Crippen molar-refractivity contribution in [3.63, 3.8) is 0 Å². The molecule has 0 bridgehead atoms. The van der Waals surface area contributed by atoms with Gasteiger partial charge in [-0.15, -0.1) is 11.3 Å². The minimum Gasteiger partial charge on any atom is -0.508 e. The lowest BCUT2D eigenvalue weighted by Crippen LogP contribution is -2.14. The molecule has 1 amide bonds. The number of anilines is 1. The first-order valence-corrected chi connectivity index (χ1v) is 8.90. The largest absolute Gasteiger partial charge is 0.508 e. The summed E-state index contributed by atoms with van der Waals surface area (Å²) in [6.45, 7) is 0. The maximum atomic E-state index is 12.2. The zero-order chi connectivity index (χ0) is 18.5. The van der Waals surface area contributed by atoms with E-state index < -0.39 is 5.97 Å². The third-order valence-electron chi connectivity index (χ3n) is 3.89. The van der Waals surface area contributed by atoms with E-state index in [2.05, 4.69) is 5.32 Å². The molecule has 0 aliphatic heterocycles. The monoisotopic (exact) mass is 367 g/mol. The first-order valence-electron chi connectivity index (χ1n) is 8.02. The van der Waals surface area contributed by atoms with Gasteiger partial charge >= 0.3 is 5.97 Å². The van der Waals surface area contributed by atoms with Crippen molar-refractivity contribution in [1.82, 2.24) is 0 Å². The van der Waals surface area contributed by atoms with Crippen molar-refractivity contribution in [2.24, 2.45) is 0 Å². The van der Waals surface area contributed by atoms with Gasteiger partial charge in [0.05, 0.1) is 10.6 Å². The van der Waals surface area contributed by atoms with Crippen LogP contribution in [-0.2, 0) is 11.2 Å². The number of phenols is 1. The smallest absolute Gasteiger partial charge is 0.339 e. The van der Waals surface area contributed by atoms with Crippen LogP contribution in [0.5, 0.6) is 5.75 Å². The van der Waals surface area contributed by atoms with Crippen LogP contribution in [0.4, 0.5) is 5.69 Å². The number of benzene rings is 2. The van der Waals surface area contributed by atoms with E-state index in [0.29, 0.717) is 22.5 Å². The van der Waals surface area contributed by atoms with Crippen LogP contribution >= 0.6 is 11.3 Å². The molecule has 3 aromatic rings. The van der Waals surface area contributed by atoms with Gasteiger partial charge in [0.2, 0.25) is 5.91 Å². The Labute approximate surface area is 154 Å². The number of aromatic hydroxyl groups is 1. The van der Waals surface area contributed by atoms with Gasteiger partial charge in [0, 0.05) is 11.8 Å². The number of carboxylic acid groups (broad SMARTS) is 1. The van der Waals surface area contributed by atoms with Crippen molar-refractivity contribution in [3.05, 3.63) is 71.1 Å². The number of amides is 1. The summed E-state index contributed by atoms with van der Waals surface area (Å²) in [5.41, 5.74) is 2.09. The van der Waals surface area contributed by atoms with E-state index in [1.54, 1.807) is 17.5 Å². The molecule has 1 aromatic heterocycles. The Morgan fingerprint density at radius 1 is 1.00 bits per heavy atom. The molecule has 0 fully saturated rings. The fourth-order valence-electron chi connectivity index (χ4n) is 2.60. The van der Waals surface area contributed by atoms with Crippen LogP contribution in [0, 0.1) is 0 Å². The second kappa shape index (κ2) is 7.84. The quantitative estimate of drug-likeness (QED) is 0.603. The predicted molar refractivity (Wildman–Crippen MR) is 102 cm³/mol. The first-order chi connectivity index (χ1) is 12.5. The Kier molecular flexibility index (Phi) is 5.34. The number of carbonyl (C=O) groups excluding carboxylic acids is 1. The number of phenolic OH excluding ortho intramolecular Hbond substituents is 1. The van der Waals surface area contributed by atoms with E-state index in [1.807, 2.05) is 30.3 Å². The van der Waals surface area contributed by atoms with Crippen molar-refractivity contribution < 1.29 is 19.8 Å². The summed E-state index contributed by atoms with van der Waals surface area (Å²) in [5.74, 6) is -1.23. The summed E-state index contributed by atoms with van der Waals surface area (Å²) in [6, 6.07) is 15.9. The van der Waals surface area contributed by atoms with Crippen LogP contribution in [-0.4, -0.2) is 22.1 Å².